The standard InChI is InChI=1S/C22H42N2O10/c1-10(26)23-13-15(28)14(27)12(9-31-22(5,6)7)33-20(13)34-18-11(8-25)32-19(17(30)16(18)29)24-21(2,3)4/h11-20,24-25,27-30H,8-9H2,1-7H3,(H,23,26). The first-order valence-corrected chi connectivity index (χ1v) is 11.5. The van der Waals surface area contributed by atoms with Crippen LogP contribution in [-0.2, 0) is 23.7 Å². The van der Waals surface area contributed by atoms with Crippen LogP contribution in [0, 0.1) is 0 Å². The lowest BCUT2D eigenvalue weighted by Gasteiger charge is -2.48. The molecule has 200 valence electrons. The van der Waals surface area contributed by atoms with Gasteiger partial charge in [-0.25, -0.2) is 0 Å². The van der Waals surface area contributed by atoms with Crippen molar-refractivity contribution in [2.24, 2.45) is 0 Å². The first-order valence-electron chi connectivity index (χ1n) is 11.5. The molecule has 2 aliphatic rings. The normalized spacial score (nSPS) is 39.6. The molecule has 10 unspecified atom stereocenters. The van der Waals surface area contributed by atoms with Crippen LogP contribution < -0.4 is 10.6 Å². The third kappa shape index (κ3) is 7.79. The summed E-state index contributed by atoms with van der Waals surface area (Å²) in [6.45, 7) is 11.6. The average molecular weight is 495 g/mol. The zero-order valence-electron chi connectivity index (χ0n) is 21.0. The molecule has 1 amide bonds. The molecule has 10 atom stereocenters. The van der Waals surface area contributed by atoms with Gasteiger partial charge in [0.15, 0.2) is 6.29 Å². The highest BCUT2D eigenvalue weighted by molar-refractivity contribution is 5.73. The van der Waals surface area contributed by atoms with E-state index in [1.807, 2.05) is 41.5 Å². The van der Waals surface area contributed by atoms with Crippen LogP contribution in [0.3, 0.4) is 0 Å². The second-order valence-electron chi connectivity index (χ2n) is 10.9. The quantitative estimate of drug-likeness (QED) is 0.207. The molecule has 2 fully saturated rings. The van der Waals surface area contributed by atoms with Crippen molar-refractivity contribution < 1.29 is 49.3 Å². The molecule has 34 heavy (non-hydrogen) atoms. The molecule has 2 aliphatic heterocycles. The summed E-state index contributed by atoms with van der Waals surface area (Å²) in [7, 11) is 0. The van der Waals surface area contributed by atoms with Crippen LogP contribution in [0.5, 0.6) is 0 Å². The van der Waals surface area contributed by atoms with Gasteiger partial charge in [0, 0.05) is 12.5 Å². The molecule has 0 aromatic rings. The molecule has 0 aromatic carbocycles. The van der Waals surface area contributed by atoms with E-state index in [0.29, 0.717) is 0 Å². The molecule has 7 N–H and O–H groups in total. The lowest BCUT2D eigenvalue weighted by atomic mass is 9.94. The Kier molecular flexibility index (Phi) is 9.84. The highest BCUT2D eigenvalue weighted by atomic mass is 16.7. The van der Waals surface area contributed by atoms with Gasteiger partial charge in [0.1, 0.15) is 55.0 Å². The zero-order chi connectivity index (χ0) is 26.0. The Balaban J connectivity index is 2.25. The Morgan fingerprint density at radius 1 is 0.912 bits per heavy atom. The fourth-order valence-corrected chi connectivity index (χ4v) is 3.86. The number of aliphatic hydroxyl groups excluding tert-OH is 5. The van der Waals surface area contributed by atoms with E-state index in [2.05, 4.69) is 10.6 Å². The predicted octanol–water partition coefficient (Wildman–Crippen LogP) is -2.03. The van der Waals surface area contributed by atoms with E-state index in [1.165, 1.54) is 6.92 Å². The van der Waals surface area contributed by atoms with E-state index in [9.17, 15) is 30.3 Å². The summed E-state index contributed by atoms with van der Waals surface area (Å²) in [5.74, 6) is -0.508. The summed E-state index contributed by atoms with van der Waals surface area (Å²) in [5.41, 5.74) is -1.00. The number of aliphatic hydroxyl groups is 5. The van der Waals surface area contributed by atoms with E-state index in [0.717, 1.165) is 0 Å². The van der Waals surface area contributed by atoms with Gasteiger partial charge in [0.2, 0.25) is 5.91 Å². The van der Waals surface area contributed by atoms with Crippen molar-refractivity contribution >= 4 is 5.91 Å². The predicted molar refractivity (Wildman–Crippen MR) is 120 cm³/mol. The van der Waals surface area contributed by atoms with Crippen molar-refractivity contribution in [2.75, 3.05) is 13.2 Å². The number of carbonyl (C=O) groups is 1. The fraction of sp³-hybridized carbons (Fsp3) is 0.955. The topological polar surface area (TPSA) is 179 Å². The van der Waals surface area contributed by atoms with Gasteiger partial charge in [0.25, 0.3) is 0 Å². The Labute approximate surface area is 200 Å². The number of nitrogens with one attached hydrogen (secondary N) is 2. The van der Waals surface area contributed by atoms with Crippen molar-refractivity contribution in [3.05, 3.63) is 0 Å². The number of ether oxygens (including phenoxy) is 4. The first kappa shape index (κ1) is 29.3. The van der Waals surface area contributed by atoms with E-state index in [1.54, 1.807) is 0 Å². The molecule has 2 heterocycles. The minimum atomic E-state index is -1.50. The van der Waals surface area contributed by atoms with Crippen LogP contribution in [-0.4, -0.2) is 117 Å². The SMILES string of the molecule is CC(=O)NC1C(OC2C(CO)OC(NC(C)(C)C)C(O)C2O)OC(COC(C)(C)C)C(O)C1O. The second-order valence-corrected chi connectivity index (χ2v) is 10.9. The highest BCUT2D eigenvalue weighted by Crippen LogP contribution is 2.30. The van der Waals surface area contributed by atoms with Gasteiger partial charge in [-0.05, 0) is 41.5 Å². The molecule has 12 nitrogen and oxygen atoms in total. The Morgan fingerprint density at radius 3 is 2.03 bits per heavy atom. The minimum Gasteiger partial charge on any atom is -0.394 e. The number of hydrogen-bond donors (Lipinski definition) is 7. The number of carbonyl (C=O) groups excluding carboxylic acids is 1. The maximum absolute atomic E-state index is 11.8. The number of amides is 1. The average Bonchev–Trinajstić information content (AvgIpc) is 2.69. The van der Waals surface area contributed by atoms with Crippen molar-refractivity contribution in [3.8, 4) is 0 Å². The molecular weight excluding hydrogens is 452 g/mol. The number of rotatable bonds is 7. The molecule has 0 radical (unpaired) electrons. The van der Waals surface area contributed by atoms with Crippen LogP contribution in [0.2, 0.25) is 0 Å². The van der Waals surface area contributed by atoms with Gasteiger partial charge in [-0.3, -0.25) is 10.1 Å². The van der Waals surface area contributed by atoms with Crippen LogP contribution in [0.1, 0.15) is 48.5 Å². The summed E-state index contributed by atoms with van der Waals surface area (Å²) in [5, 5.41) is 58.1. The van der Waals surface area contributed by atoms with Gasteiger partial charge >= 0.3 is 0 Å². The minimum absolute atomic E-state index is 0.0816. The monoisotopic (exact) mass is 494 g/mol. The summed E-state index contributed by atoms with van der Waals surface area (Å²) in [6.07, 6.45) is -11.5. The van der Waals surface area contributed by atoms with Gasteiger partial charge in [-0.1, -0.05) is 0 Å². The molecule has 2 rings (SSSR count). The molecule has 0 saturated carbocycles. The molecular formula is C22H42N2O10. The van der Waals surface area contributed by atoms with Crippen molar-refractivity contribution in [2.45, 2.75) is 121 Å². The van der Waals surface area contributed by atoms with E-state index < -0.39 is 84.9 Å². The van der Waals surface area contributed by atoms with Crippen molar-refractivity contribution in [1.29, 1.82) is 0 Å². The fourth-order valence-electron chi connectivity index (χ4n) is 3.86. The summed E-state index contributed by atoms with van der Waals surface area (Å²) in [6, 6.07) is -1.20. The maximum Gasteiger partial charge on any atom is 0.217 e. The zero-order valence-corrected chi connectivity index (χ0v) is 21.0. The van der Waals surface area contributed by atoms with Crippen molar-refractivity contribution in [3.63, 3.8) is 0 Å². The largest absolute Gasteiger partial charge is 0.394 e. The summed E-state index contributed by atoms with van der Waals surface area (Å²) >= 11 is 0. The Bertz CT molecular complexity index is 665. The van der Waals surface area contributed by atoms with Crippen LogP contribution in [0.15, 0.2) is 0 Å². The van der Waals surface area contributed by atoms with E-state index in [-0.39, 0.29) is 6.61 Å². The lowest BCUT2D eigenvalue weighted by molar-refractivity contribution is -0.327. The van der Waals surface area contributed by atoms with Gasteiger partial charge < -0.3 is 49.8 Å². The summed E-state index contributed by atoms with van der Waals surface area (Å²) in [4.78, 5) is 11.8. The molecule has 2 saturated heterocycles. The molecule has 12 heteroatoms. The van der Waals surface area contributed by atoms with E-state index >= 15 is 0 Å². The molecule has 0 spiro atoms. The number of hydrogen-bond acceptors (Lipinski definition) is 11. The Morgan fingerprint density at radius 2 is 1.53 bits per heavy atom. The van der Waals surface area contributed by atoms with Gasteiger partial charge in [0.05, 0.1) is 18.8 Å². The first-order chi connectivity index (χ1) is 15.5. The molecule has 0 aromatic heterocycles. The maximum atomic E-state index is 11.8. The smallest absolute Gasteiger partial charge is 0.217 e. The third-order valence-corrected chi connectivity index (χ3v) is 5.48. The third-order valence-electron chi connectivity index (χ3n) is 5.48. The van der Waals surface area contributed by atoms with Gasteiger partial charge in [-0.15, -0.1) is 0 Å². The van der Waals surface area contributed by atoms with Crippen LogP contribution >= 0.6 is 0 Å². The van der Waals surface area contributed by atoms with Crippen LogP contribution in [0.4, 0.5) is 0 Å². The lowest BCUT2D eigenvalue weighted by Crippen LogP contribution is -2.69. The Hall–Kier alpha value is -0.930. The van der Waals surface area contributed by atoms with Gasteiger partial charge in [-0.2, -0.15) is 0 Å². The van der Waals surface area contributed by atoms with Crippen molar-refractivity contribution in [1.82, 2.24) is 10.6 Å². The summed E-state index contributed by atoms with van der Waals surface area (Å²) < 4.78 is 23.2. The molecule has 0 bridgehead atoms. The highest BCUT2D eigenvalue weighted by Gasteiger charge is 2.51. The van der Waals surface area contributed by atoms with E-state index in [4.69, 9.17) is 18.9 Å². The second kappa shape index (κ2) is 11.4. The molecule has 0 aliphatic carbocycles. The van der Waals surface area contributed by atoms with Crippen LogP contribution in [0.25, 0.3) is 0 Å².